The summed E-state index contributed by atoms with van der Waals surface area (Å²) in [4.78, 5) is 0. The molecule has 0 amide bonds. The lowest BCUT2D eigenvalue weighted by molar-refractivity contribution is 0.451. The quantitative estimate of drug-likeness (QED) is 0.223. The van der Waals surface area contributed by atoms with E-state index in [1.54, 1.807) is 6.21 Å². The smallest absolute Gasteiger partial charge is 0.0475 e. The first-order valence-corrected chi connectivity index (χ1v) is 2.57. The second-order valence-electron chi connectivity index (χ2n) is 1.22. The summed E-state index contributed by atoms with van der Waals surface area (Å²) >= 11 is 0. The molecule has 0 rings (SSSR count). The maximum Gasteiger partial charge on any atom is 0.0475 e. The van der Waals surface area contributed by atoms with E-state index in [9.17, 15) is 0 Å². The highest BCUT2D eigenvalue weighted by atomic mass is 15.4. The molecule has 0 aromatic heterocycles. The van der Waals surface area contributed by atoms with Gasteiger partial charge in [0.2, 0.25) is 0 Å². The highest BCUT2D eigenvalue weighted by Gasteiger charge is 1.83. The highest BCUT2D eigenvalue weighted by Crippen LogP contribution is 1.80. The van der Waals surface area contributed by atoms with Gasteiger partial charge in [-0.25, -0.2) is 5.01 Å². The van der Waals surface area contributed by atoms with Crippen LogP contribution in [0.3, 0.4) is 0 Å². The molecule has 2 nitrogen and oxygen atoms in total. The molecule has 0 aromatic rings. The summed E-state index contributed by atoms with van der Waals surface area (Å²) in [7, 11) is 0. The van der Waals surface area contributed by atoms with Crippen LogP contribution >= 0.6 is 0 Å². The maximum absolute atomic E-state index is 5.03. The predicted octanol–water partition coefficient (Wildman–Crippen LogP) is 0.905. The molecule has 8 heavy (non-hydrogen) atoms. The van der Waals surface area contributed by atoms with Gasteiger partial charge in [0.1, 0.15) is 0 Å². The molecule has 0 spiro atoms. The maximum atomic E-state index is 5.03. The van der Waals surface area contributed by atoms with Gasteiger partial charge < -0.3 is 0 Å². The molecule has 0 fully saturated rings. The summed E-state index contributed by atoms with van der Waals surface area (Å²) in [6.07, 6.45) is 6.70. The Labute approximate surface area is 50.2 Å². The fourth-order valence-corrected chi connectivity index (χ4v) is 0.346. The molecular formula is C6H10N2. The van der Waals surface area contributed by atoms with Crippen LogP contribution in [0.25, 0.3) is 0 Å². The number of rotatable bonds is 2. The van der Waals surface area contributed by atoms with E-state index in [0.717, 1.165) is 6.54 Å². The van der Waals surface area contributed by atoms with Crippen molar-refractivity contribution in [2.75, 3.05) is 6.54 Å². The summed E-state index contributed by atoms with van der Waals surface area (Å²) in [6, 6.07) is 2.39. The molecule has 0 aliphatic carbocycles. The summed E-state index contributed by atoms with van der Waals surface area (Å²) < 4.78 is 0. The molecule has 0 saturated carbocycles. The molecule has 0 heterocycles. The van der Waals surface area contributed by atoms with Crippen LogP contribution < -0.4 is 0 Å². The van der Waals surface area contributed by atoms with Gasteiger partial charge in [-0.3, -0.25) is 0 Å². The molecule has 0 N–H and O–H groups in total. The molecular weight excluding hydrogens is 100 g/mol. The Hall–Kier alpha value is -0.970. The zero-order valence-corrected chi connectivity index (χ0v) is 5.26. The van der Waals surface area contributed by atoms with Crippen LogP contribution in [0.1, 0.15) is 13.8 Å². The van der Waals surface area contributed by atoms with Crippen molar-refractivity contribution < 1.29 is 0 Å². The SMILES string of the molecule is C#CN(CC)/N=C\C. The first-order chi connectivity index (χ1) is 3.85. The van der Waals surface area contributed by atoms with Crippen LogP contribution in [0.15, 0.2) is 5.10 Å². The lowest BCUT2D eigenvalue weighted by atomic mass is 10.7. The van der Waals surface area contributed by atoms with E-state index < -0.39 is 0 Å². The number of terminal acetylenes is 1. The lowest BCUT2D eigenvalue weighted by Gasteiger charge is -2.03. The average molecular weight is 110 g/mol. The lowest BCUT2D eigenvalue weighted by Crippen LogP contribution is -2.07. The topological polar surface area (TPSA) is 15.6 Å². The van der Waals surface area contributed by atoms with Gasteiger partial charge in [0.25, 0.3) is 0 Å². The molecule has 0 unspecified atom stereocenters. The van der Waals surface area contributed by atoms with Gasteiger partial charge in [-0.1, -0.05) is 6.42 Å². The summed E-state index contributed by atoms with van der Waals surface area (Å²) in [5.74, 6) is 0. The van der Waals surface area contributed by atoms with Crippen molar-refractivity contribution in [3.8, 4) is 12.5 Å². The Kier molecular flexibility index (Phi) is 3.69. The third kappa shape index (κ3) is 2.25. The number of hydrazone groups is 1. The third-order valence-electron chi connectivity index (χ3n) is 0.703. The summed E-state index contributed by atoms with van der Waals surface area (Å²) in [5, 5.41) is 5.36. The van der Waals surface area contributed by atoms with E-state index in [-0.39, 0.29) is 0 Å². The van der Waals surface area contributed by atoms with E-state index in [1.807, 2.05) is 13.8 Å². The van der Waals surface area contributed by atoms with Crippen LogP contribution in [0.5, 0.6) is 0 Å². The summed E-state index contributed by atoms with van der Waals surface area (Å²) in [5.41, 5.74) is 0. The van der Waals surface area contributed by atoms with Gasteiger partial charge in [0.15, 0.2) is 0 Å². The van der Waals surface area contributed by atoms with Crippen molar-refractivity contribution in [3.05, 3.63) is 0 Å². The Morgan fingerprint density at radius 1 is 1.88 bits per heavy atom. The van der Waals surface area contributed by atoms with Gasteiger partial charge in [0, 0.05) is 18.8 Å². The third-order valence-corrected chi connectivity index (χ3v) is 0.703. The van der Waals surface area contributed by atoms with Gasteiger partial charge in [-0.2, -0.15) is 5.10 Å². The Morgan fingerprint density at radius 3 is 2.62 bits per heavy atom. The standard InChI is InChI=1S/C6H10N2/c1-4-7-8(5-2)6-3/h2,4H,6H2,1,3H3/b7-4-. The van der Waals surface area contributed by atoms with E-state index in [2.05, 4.69) is 11.1 Å². The van der Waals surface area contributed by atoms with E-state index in [1.165, 1.54) is 5.01 Å². The minimum Gasteiger partial charge on any atom is -0.223 e. The van der Waals surface area contributed by atoms with Gasteiger partial charge in [-0.05, 0) is 13.8 Å². The van der Waals surface area contributed by atoms with Gasteiger partial charge in [-0.15, -0.1) is 0 Å². The molecule has 0 atom stereocenters. The second kappa shape index (κ2) is 4.20. The van der Waals surface area contributed by atoms with E-state index in [4.69, 9.17) is 6.42 Å². The van der Waals surface area contributed by atoms with Crippen molar-refractivity contribution in [1.29, 1.82) is 0 Å². The van der Waals surface area contributed by atoms with Gasteiger partial charge in [0.05, 0.1) is 0 Å². The van der Waals surface area contributed by atoms with Crippen LogP contribution in [0.2, 0.25) is 0 Å². The molecule has 0 saturated heterocycles. The number of nitrogens with zero attached hydrogens (tertiary/aromatic N) is 2. The monoisotopic (exact) mass is 110 g/mol. The fraction of sp³-hybridized carbons (Fsp3) is 0.500. The van der Waals surface area contributed by atoms with E-state index >= 15 is 0 Å². The second-order valence-corrected chi connectivity index (χ2v) is 1.22. The van der Waals surface area contributed by atoms with Crippen LogP contribution in [-0.2, 0) is 0 Å². The minimum atomic E-state index is 0.765. The first kappa shape index (κ1) is 7.03. The molecule has 0 aromatic carbocycles. The molecule has 2 heteroatoms. The number of hydrogen-bond acceptors (Lipinski definition) is 2. The average Bonchev–Trinajstić information content (AvgIpc) is 1.83. The number of hydrogen-bond donors (Lipinski definition) is 0. The first-order valence-electron chi connectivity index (χ1n) is 2.57. The minimum absolute atomic E-state index is 0.765. The van der Waals surface area contributed by atoms with Crippen molar-refractivity contribution in [3.63, 3.8) is 0 Å². The van der Waals surface area contributed by atoms with Crippen molar-refractivity contribution in [2.45, 2.75) is 13.8 Å². The largest absolute Gasteiger partial charge is 0.223 e. The van der Waals surface area contributed by atoms with Gasteiger partial charge >= 0.3 is 0 Å². The van der Waals surface area contributed by atoms with Crippen molar-refractivity contribution >= 4 is 6.21 Å². The molecule has 44 valence electrons. The normalized spacial score (nSPS) is 9.12. The highest BCUT2D eigenvalue weighted by molar-refractivity contribution is 5.52. The fourth-order valence-electron chi connectivity index (χ4n) is 0.346. The van der Waals surface area contributed by atoms with Crippen LogP contribution in [-0.4, -0.2) is 17.8 Å². The molecule has 0 radical (unpaired) electrons. The zero-order chi connectivity index (χ0) is 6.41. The summed E-state index contributed by atoms with van der Waals surface area (Å²) in [6.45, 7) is 4.55. The zero-order valence-electron chi connectivity index (χ0n) is 5.26. The predicted molar refractivity (Wildman–Crippen MR) is 35.4 cm³/mol. The van der Waals surface area contributed by atoms with E-state index in [0.29, 0.717) is 0 Å². The van der Waals surface area contributed by atoms with Crippen molar-refractivity contribution in [2.24, 2.45) is 5.10 Å². The Morgan fingerprint density at radius 2 is 2.50 bits per heavy atom. The van der Waals surface area contributed by atoms with Crippen LogP contribution in [0.4, 0.5) is 0 Å². The van der Waals surface area contributed by atoms with Crippen LogP contribution in [0, 0.1) is 12.5 Å². The molecule has 0 bridgehead atoms. The Bertz CT molecular complexity index is 110. The van der Waals surface area contributed by atoms with Crippen molar-refractivity contribution in [1.82, 2.24) is 5.01 Å². The Balaban J connectivity index is 3.57. The molecule has 0 aliphatic rings. The molecule has 0 aliphatic heterocycles.